The van der Waals surface area contributed by atoms with Crippen LogP contribution < -0.4 is 10.2 Å². The van der Waals surface area contributed by atoms with Gasteiger partial charge in [0, 0.05) is 44.1 Å². The van der Waals surface area contributed by atoms with Gasteiger partial charge >= 0.3 is 0 Å². The van der Waals surface area contributed by atoms with Gasteiger partial charge in [0.2, 0.25) is 5.95 Å². The Kier molecular flexibility index (Phi) is 6.22. The third-order valence-corrected chi connectivity index (χ3v) is 4.74. The van der Waals surface area contributed by atoms with E-state index in [0.29, 0.717) is 11.5 Å². The molecule has 3 aromatic rings. The van der Waals surface area contributed by atoms with Crippen molar-refractivity contribution in [2.45, 2.75) is 32.6 Å². The Morgan fingerprint density at radius 1 is 1.00 bits per heavy atom. The highest BCUT2D eigenvalue weighted by molar-refractivity contribution is 6.03. The van der Waals surface area contributed by atoms with Crippen LogP contribution in [0.1, 0.15) is 42.3 Å². The molecule has 1 amide bonds. The summed E-state index contributed by atoms with van der Waals surface area (Å²) in [7, 11) is 1.94. The number of pyridine rings is 1. The van der Waals surface area contributed by atoms with Crippen LogP contribution in [-0.2, 0) is 11.8 Å². The first kappa shape index (κ1) is 20.5. The van der Waals surface area contributed by atoms with Gasteiger partial charge in [-0.1, -0.05) is 32.9 Å². The van der Waals surface area contributed by atoms with Gasteiger partial charge in [-0.25, -0.2) is 9.97 Å². The van der Waals surface area contributed by atoms with Crippen LogP contribution in [0.4, 0.5) is 11.6 Å². The van der Waals surface area contributed by atoms with Gasteiger partial charge < -0.3 is 10.2 Å². The standard InChI is InChI=1S/C23H27N5O/c1-23(2,3)19-5-7-20(8-6-19)27-21(29)18-15-25-22(26-16-18)28(4)14-11-17-9-12-24-13-10-17/h5-10,12-13,15-16H,11,14H2,1-4H3,(H,27,29). The highest BCUT2D eigenvalue weighted by Gasteiger charge is 2.14. The van der Waals surface area contributed by atoms with Gasteiger partial charge in [0.25, 0.3) is 5.91 Å². The predicted octanol–water partition coefficient (Wildman–Crippen LogP) is 4.10. The summed E-state index contributed by atoms with van der Waals surface area (Å²) in [6.45, 7) is 7.25. The van der Waals surface area contributed by atoms with Crippen LogP contribution in [-0.4, -0.2) is 34.5 Å². The Morgan fingerprint density at radius 2 is 1.62 bits per heavy atom. The molecule has 0 aliphatic rings. The Hall–Kier alpha value is -3.28. The second-order valence-electron chi connectivity index (χ2n) is 8.08. The molecule has 6 nitrogen and oxygen atoms in total. The first-order valence-electron chi connectivity index (χ1n) is 9.67. The summed E-state index contributed by atoms with van der Waals surface area (Å²) in [4.78, 5) is 27.2. The van der Waals surface area contributed by atoms with E-state index in [1.54, 1.807) is 24.8 Å². The summed E-state index contributed by atoms with van der Waals surface area (Å²) in [5.74, 6) is 0.365. The molecular weight excluding hydrogens is 362 g/mol. The number of benzene rings is 1. The molecule has 150 valence electrons. The van der Waals surface area contributed by atoms with Gasteiger partial charge in [-0.15, -0.1) is 0 Å². The highest BCUT2D eigenvalue weighted by Crippen LogP contribution is 2.23. The van der Waals surface area contributed by atoms with Crippen molar-refractivity contribution < 1.29 is 4.79 Å². The number of likely N-dealkylation sites (N-methyl/N-ethyl adjacent to an activating group) is 1. The van der Waals surface area contributed by atoms with E-state index >= 15 is 0 Å². The first-order valence-corrected chi connectivity index (χ1v) is 9.67. The summed E-state index contributed by atoms with van der Waals surface area (Å²) in [5, 5.41) is 2.89. The number of hydrogen-bond donors (Lipinski definition) is 1. The number of carbonyl (C=O) groups is 1. The topological polar surface area (TPSA) is 71.0 Å². The molecule has 0 aliphatic carbocycles. The zero-order valence-corrected chi connectivity index (χ0v) is 17.4. The summed E-state index contributed by atoms with van der Waals surface area (Å²) in [6, 6.07) is 11.9. The number of rotatable bonds is 6. The van der Waals surface area contributed by atoms with E-state index in [0.717, 1.165) is 18.7 Å². The number of nitrogens with zero attached hydrogens (tertiary/aromatic N) is 4. The first-order chi connectivity index (χ1) is 13.8. The van der Waals surface area contributed by atoms with Crippen molar-refractivity contribution in [3.63, 3.8) is 0 Å². The number of carbonyl (C=O) groups excluding carboxylic acids is 1. The molecule has 0 unspecified atom stereocenters. The molecule has 0 atom stereocenters. The van der Waals surface area contributed by atoms with E-state index in [1.165, 1.54) is 11.1 Å². The third kappa shape index (κ3) is 5.60. The van der Waals surface area contributed by atoms with Crippen molar-refractivity contribution in [2.75, 3.05) is 23.8 Å². The van der Waals surface area contributed by atoms with E-state index in [4.69, 9.17) is 0 Å². The van der Waals surface area contributed by atoms with Gasteiger partial charge in [0.1, 0.15) is 0 Å². The summed E-state index contributed by atoms with van der Waals surface area (Å²) < 4.78 is 0. The fourth-order valence-corrected chi connectivity index (χ4v) is 2.84. The maximum atomic E-state index is 12.5. The number of hydrogen-bond acceptors (Lipinski definition) is 5. The van der Waals surface area contributed by atoms with Gasteiger partial charge in [-0.05, 0) is 47.2 Å². The SMILES string of the molecule is CN(CCc1ccncc1)c1ncc(C(=O)Nc2ccc(C(C)(C)C)cc2)cn1. The maximum Gasteiger partial charge on any atom is 0.258 e. The van der Waals surface area contributed by atoms with E-state index in [2.05, 4.69) is 41.0 Å². The van der Waals surface area contributed by atoms with E-state index in [-0.39, 0.29) is 11.3 Å². The fraction of sp³-hybridized carbons (Fsp3) is 0.304. The fourth-order valence-electron chi connectivity index (χ4n) is 2.84. The van der Waals surface area contributed by atoms with E-state index in [1.807, 2.05) is 48.3 Å². The molecule has 0 spiro atoms. The van der Waals surface area contributed by atoms with Gasteiger partial charge in [0.05, 0.1) is 5.56 Å². The van der Waals surface area contributed by atoms with Crippen LogP contribution in [0.15, 0.2) is 61.2 Å². The second kappa shape index (κ2) is 8.82. The number of anilines is 2. The number of aromatic nitrogens is 3. The van der Waals surface area contributed by atoms with Gasteiger partial charge in [-0.3, -0.25) is 9.78 Å². The molecule has 3 rings (SSSR count). The molecule has 6 heteroatoms. The zero-order chi connectivity index (χ0) is 20.9. The maximum absolute atomic E-state index is 12.5. The van der Waals surface area contributed by atoms with Crippen LogP contribution in [0, 0.1) is 0 Å². The van der Waals surface area contributed by atoms with Gasteiger partial charge in [-0.2, -0.15) is 0 Å². The average molecular weight is 390 g/mol. The lowest BCUT2D eigenvalue weighted by molar-refractivity contribution is 0.102. The summed E-state index contributed by atoms with van der Waals surface area (Å²) in [5.41, 5.74) is 3.69. The molecule has 0 aliphatic heterocycles. The molecule has 1 aromatic carbocycles. The minimum absolute atomic E-state index is 0.0790. The largest absolute Gasteiger partial charge is 0.344 e. The summed E-state index contributed by atoms with van der Waals surface area (Å²) in [6.07, 6.45) is 7.56. The molecule has 0 bridgehead atoms. The smallest absolute Gasteiger partial charge is 0.258 e. The predicted molar refractivity (Wildman–Crippen MR) is 116 cm³/mol. The quantitative estimate of drug-likeness (QED) is 0.687. The van der Waals surface area contributed by atoms with Crippen molar-refractivity contribution in [3.05, 3.63) is 77.9 Å². The Bertz CT molecular complexity index is 932. The van der Waals surface area contributed by atoms with E-state index in [9.17, 15) is 4.79 Å². The molecule has 0 saturated carbocycles. The van der Waals surface area contributed by atoms with Crippen LogP contribution >= 0.6 is 0 Å². The van der Waals surface area contributed by atoms with Crippen molar-refractivity contribution in [2.24, 2.45) is 0 Å². The third-order valence-electron chi connectivity index (χ3n) is 4.74. The lowest BCUT2D eigenvalue weighted by atomic mass is 9.87. The minimum Gasteiger partial charge on any atom is -0.344 e. The Labute approximate surface area is 172 Å². The normalized spacial score (nSPS) is 11.2. The Morgan fingerprint density at radius 3 is 2.21 bits per heavy atom. The molecule has 29 heavy (non-hydrogen) atoms. The number of amides is 1. The van der Waals surface area contributed by atoms with E-state index < -0.39 is 0 Å². The summed E-state index contributed by atoms with van der Waals surface area (Å²) >= 11 is 0. The Balaban J connectivity index is 1.58. The highest BCUT2D eigenvalue weighted by atomic mass is 16.1. The molecular formula is C23H27N5O. The van der Waals surface area contributed by atoms with Crippen LogP contribution in [0.25, 0.3) is 0 Å². The van der Waals surface area contributed by atoms with Crippen molar-refractivity contribution >= 4 is 17.5 Å². The van der Waals surface area contributed by atoms with Crippen molar-refractivity contribution in [1.82, 2.24) is 15.0 Å². The van der Waals surface area contributed by atoms with Gasteiger partial charge in [0.15, 0.2) is 0 Å². The molecule has 0 radical (unpaired) electrons. The average Bonchev–Trinajstić information content (AvgIpc) is 2.72. The van der Waals surface area contributed by atoms with Crippen molar-refractivity contribution in [3.8, 4) is 0 Å². The van der Waals surface area contributed by atoms with Crippen molar-refractivity contribution in [1.29, 1.82) is 0 Å². The molecule has 0 fully saturated rings. The monoisotopic (exact) mass is 389 g/mol. The second-order valence-corrected chi connectivity index (χ2v) is 8.08. The molecule has 2 aromatic heterocycles. The molecule has 2 heterocycles. The molecule has 0 saturated heterocycles. The minimum atomic E-state index is -0.223. The molecule has 1 N–H and O–H groups in total. The van der Waals surface area contributed by atoms with Crippen LogP contribution in [0.3, 0.4) is 0 Å². The van der Waals surface area contributed by atoms with Crippen LogP contribution in [0.5, 0.6) is 0 Å². The van der Waals surface area contributed by atoms with Crippen LogP contribution in [0.2, 0.25) is 0 Å². The lowest BCUT2D eigenvalue weighted by Crippen LogP contribution is -2.23. The zero-order valence-electron chi connectivity index (χ0n) is 17.4. The lowest BCUT2D eigenvalue weighted by Gasteiger charge is -2.19. The number of nitrogens with one attached hydrogen (secondary N) is 1.